The number of aliphatic hydroxyl groups excluding tert-OH is 2. The molecule has 3 atom stereocenters. The molecule has 3 unspecified atom stereocenters. The van der Waals surface area contributed by atoms with Crippen molar-refractivity contribution in [3.63, 3.8) is 0 Å². The number of aromatic hydroxyl groups is 1. The van der Waals surface area contributed by atoms with Crippen LogP contribution in [-0.4, -0.2) is 133 Å². The van der Waals surface area contributed by atoms with E-state index in [9.17, 15) is 43.8 Å². The number of aryl methyl sites for hydroxylation is 1. The van der Waals surface area contributed by atoms with Crippen molar-refractivity contribution < 1.29 is 54.0 Å². The first-order valence-electron chi connectivity index (χ1n) is 14.6. The number of benzene rings is 1. The van der Waals surface area contributed by atoms with Gasteiger partial charge in [-0.3, -0.25) is 14.4 Å². The van der Waals surface area contributed by atoms with Crippen molar-refractivity contribution in [1.82, 2.24) is 26.2 Å². The molecule has 0 aliphatic carbocycles. The van der Waals surface area contributed by atoms with E-state index in [1.165, 1.54) is 5.56 Å². The summed E-state index contributed by atoms with van der Waals surface area (Å²) in [6.45, 7) is 4.36. The van der Waals surface area contributed by atoms with Gasteiger partial charge in [0, 0.05) is 0 Å². The summed E-state index contributed by atoms with van der Waals surface area (Å²) in [5, 5.41) is 45.6. The fourth-order valence-electron chi connectivity index (χ4n) is 3.53. The van der Waals surface area contributed by atoms with Crippen molar-refractivity contribution in [3.05, 3.63) is 29.8 Å². The summed E-state index contributed by atoms with van der Waals surface area (Å²) in [5.74, 6) is -5.55. The smallest absolute Gasteiger partial charge is 0.115 e. The Morgan fingerprint density at radius 2 is 1.38 bits per heavy atom. The average molecular weight is 734 g/mol. The summed E-state index contributed by atoms with van der Waals surface area (Å²) < 4.78 is 0. The number of phenolic OH excluding ortho intramolecular Hbond substituents is 1. The van der Waals surface area contributed by atoms with E-state index in [-0.39, 0.29) is 32.7 Å². The molecule has 0 aliphatic heterocycles. The Kier molecular flexibility index (Phi) is 21.0. The Morgan fingerprint density at radius 3 is 1.85 bits per heavy atom. The fraction of sp³-hybridized carbons (Fsp3) is 0.552. The molecule has 0 aromatic heterocycles. The van der Waals surface area contributed by atoms with Gasteiger partial charge in [-0.25, -0.2) is 0 Å². The molecule has 1 rings (SSSR count). The molecular weight excluding hydrogens is 687 g/mol. The molecule has 1 aromatic rings. The number of carbonyl (C=O) groups is 7. The first kappa shape index (κ1) is 42.7. The van der Waals surface area contributed by atoms with Crippen molar-refractivity contribution in [2.24, 2.45) is 5.73 Å². The predicted molar refractivity (Wildman–Crippen MR) is 170 cm³/mol. The molecule has 0 saturated carbocycles. The number of nitrogens with two attached hydrogens (primary N) is 1. The van der Waals surface area contributed by atoms with Crippen LogP contribution in [0.2, 0.25) is 9.63 Å². The molecule has 1 aromatic carbocycles. The van der Waals surface area contributed by atoms with Gasteiger partial charge in [-0.15, -0.1) is 0 Å². The summed E-state index contributed by atoms with van der Waals surface area (Å²) in [6.07, 6.45) is 0.0702. The monoisotopic (exact) mass is 734 g/mol. The SMILES string of the molecule is CCCN(CC(=O)NCC(=O)NCC(=O)NC(CO)C(N)=O)C(=O)C(CO)NC(=O)CC([Se]C(C)C)C(=O)O.Cc1ccc(O)cc1. The van der Waals surface area contributed by atoms with Gasteiger partial charge in [-0.05, 0) is 19.1 Å². The summed E-state index contributed by atoms with van der Waals surface area (Å²) in [6, 6.07) is 4.38. The fourth-order valence-corrected chi connectivity index (χ4v) is 5.68. The van der Waals surface area contributed by atoms with E-state index in [0.717, 1.165) is 4.90 Å². The zero-order chi connectivity index (χ0) is 36.1. The van der Waals surface area contributed by atoms with Gasteiger partial charge in [-0.1, -0.05) is 17.7 Å². The normalized spacial score (nSPS) is 12.3. The molecule has 17 nitrogen and oxygen atoms in total. The van der Waals surface area contributed by atoms with Gasteiger partial charge in [0.15, 0.2) is 0 Å². The Hall–Kier alpha value is -4.25. The summed E-state index contributed by atoms with van der Waals surface area (Å²) >= 11 is -0.365. The quantitative estimate of drug-likeness (QED) is 0.0665. The van der Waals surface area contributed by atoms with Gasteiger partial charge < -0.3 is 26.6 Å². The number of amides is 6. The first-order chi connectivity index (χ1) is 22.0. The standard InChI is InChI=1S/C22H38N6O10Se.C7H8O/c1-4-5-28(21(36)14(11-30)27-16(31)6-15(22(37)38)39-12(2)3)9-19(34)25-7-17(32)24-8-18(33)26-13(10-29)20(23)35;1-6-2-4-7(8)5-3-6/h12-15,29-30H,4-11H2,1-3H3,(H2,23,35)(H,24,32)(H,25,34)(H,26,33)(H,27,31)(H,37,38);2-5,8H,1H3. The number of aliphatic hydroxyl groups is 2. The maximum Gasteiger partial charge on any atom is 0.115 e. The molecule has 0 bridgehead atoms. The second-order valence-corrected chi connectivity index (χ2v) is 14.1. The minimum Gasteiger partial charge on any atom is -0.508 e. The van der Waals surface area contributed by atoms with Crippen LogP contribution >= 0.6 is 0 Å². The zero-order valence-electron chi connectivity index (χ0n) is 26.9. The third-order valence-corrected chi connectivity index (χ3v) is 8.43. The first-order valence-corrected chi connectivity index (χ1v) is 16.6. The third kappa shape index (κ3) is 19.1. The van der Waals surface area contributed by atoms with Crippen molar-refractivity contribution in [1.29, 1.82) is 0 Å². The topological polar surface area (TPSA) is 278 Å². The van der Waals surface area contributed by atoms with Gasteiger partial charge in [0.05, 0.1) is 13.2 Å². The van der Waals surface area contributed by atoms with E-state index in [2.05, 4.69) is 21.3 Å². The second kappa shape index (κ2) is 23.1. The molecular formula is C29H46N6O11Se. The Morgan fingerprint density at radius 1 is 0.851 bits per heavy atom. The number of carbonyl (C=O) groups excluding carboxylic acids is 6. The number of rotatable bonds is 19. The summed E-state index contributed by atoms with van der Waals surface area (Å²) in [7, 11) is 0. The van der Waals surface area contributed by atoms with E-state index < -0.39 is 91.2 Å². The van der Waals surface area contributed by atoms with Crippen LogP contribution in [0.25, 0.3) is 0 Å². The number of carboxylic acid groups (broad SMARTS) is 1. The third-order valence-electron chi connectivity index (χ3n) is 5.83. The van der Waals surface area contributed by atoms with E-state index >= 15 is 0 Å². The van der Waals surface area contributed by atoms with Crippen LogP contribution in [0.3, 0.4) is 0 Å². The molecule has 6 amide bonds. The number of phenols is 1. The van der Waals surface area contributed by atoms with Crippen LogP contribution in [0.1, 0.15) is 39.2 Å². The van der Waals surface area contributed by atoms with Gasteiger partial charge in [0.25, 0.3) is 0 Å². The van der Waals surface area contributed by atoms with Crippen molar-refractivity contribution in [3.8, 4) is 5.75 Å². The maximum absolute atomic E-state index is 12.9. The Bertz CT molecular complexity index is 1180. The predicted octanol–water partition coefficient (Wildman–Crippen LogP) is -2.61. The van der Waals surface area contributed by atoms with Gasteiger partial charge >= 0.3 is 165 Å². The second-order valence-electron chi connectivity index (χ2n) is 10.4. The molecule has 0 aliphatic rings. The summed E-state index contributed by atoms with van der Waals surface area (Å²) in [5.41, 5.74) is 6.15. The molecule has 0 saturated heterocycles. The number of nitrogens with one attached hydrogen (secondary N) is 4. The zero-order valence-corrected chi connectivity index (χ0v) is 28.6. The molecule has 47 heavy (non-hydrogen) atoms. The van der Waals surface area contributed by atoms with Crippen LogP contribution in [0.5, 0.6) is 5.75 Å². The van der Waals surface area contributed by atoms with Crippen molar-refractivity contribution in [2.75, 3.05) is 39.4 Å². The number of hydrogen-bond donors (Lipinski definition) is 9. The Balaban J connectivity index is 0.00000228. The molecule has 0 spiro atoms. The molecule has 0 heterocycles. The van der Waals surface area contributed by atoms with Crippen molar-refractivity contribution in [2.45, 2.75) is 62.3 Å². The number of carboxylic acids is 1. The van der Waals surface area contributed by atoms with E-state index in [1.54, 1.807) is 19.1 Å². The number of nitrogens with zero attached hydrogens (tertiary/aromatic N) is 1. The van der Waals surface area contributed by atoms with E-state index in [1.807, 2.05) is 32.9 Å². The molecule has 10 N–H and O–H groups in total. The molecule has 0 fully saturated rings. The van der Waals surface area contributed by atoms with Crippen LogP contribution in [-0.2, 0) is 33.6 Å². The Labute approximate surface area is 279 Å². The molecule has 18 heteroatoms. The minimum absolute atomic E-state index is 0.0833. The average Bonchev–Trinajstić information content (AvgIpc) is 3.00. The van der Waals surface area contributed by atoms with Gasteiger partial charge in [0.1, 0.15) is 11.8 Å². The van der Waals surface area contributed by atoms with Crippen LogP contribution < -0.4 is 27.0 Å². The number of primary amides is 1. The van der Waals surface area contributed by atoms with E-state index in [0.29, 0.717) is 12.2 Å². The van der Waals surface area contributed by atoms with Crippen LogP contribution in [0.15, 0.2) is 24.3 Å². The summed E-state index contributed by atoms with van der Waals surface area (Å²) in [4.78, 5) is 83.9. The van der Waals surface area contributed by atoms with Gasteiger partial charge in [-0.2, -0.15) is 0 Å². The van der Waals surface area contributed by atoms with Crippen molar-refractivity contribution >= 4 is 56.4 Å². The number of hydrogen-bond acceptors (Lipinski definition) is 10. The van der Waals surface area contributed by atoms with Crippen LogP contribution in [0, 0.1) is 6.92 Å². The largest absolute Gasteiger partial charge is 0.508 e. The minimum atomic E-state index is -1.40. The van der Waals surface area contributed by atoms with Gasteiger partial charge in [0.2, 0.25) is 11.8 Å². The molecule has 264 valence electrons. The van der Waals surface area contributed by atoms with E-state index in [4.69, 9.17) is 15.9 Å². The number of aliphatic carboxylic acids is 1. The maximum atomic E-state index is 12.9. The van der Waals surface area contributed by atoms with Crippen LogP contribution in [0.4, 0.5) is 0 Å². The molecule has 0 radical (unpaired) electrons.